The summed E-state index contributed by atoms with van der Waals surface area (Å²) in [6.45, 7) is 9.15. The van der Waals surface area contributed by atoms with Crippen LogP contribution in [0.4, 0.5) is 0 Å². The normalized spacial score (nSPS) is 41.2. The van der Waals surface area contributed by atoms with E-state index in [4.69, 9.17) is 4.74 Å². The number of thioether (sulfide) groups is 1. The van der Waals surface area contributed by atoms with Crippen molar-refractivity contribution in [2.24, 2.45) is 11.8 Å². The number of ether oxygens (including phenoxy) is 1. The van der Waals surface area contributed by atoms with Crippen molar-refractivity contribution >= 4 is 11.8 Å². The van der Waals surface area contributed by atoms with E-state index in [1.54, 1.807) is 0 Å². The summed E-state index contributed by atoms with van der Waals surface area (Å²) >= 11 is 2.17. The fourth-order valence-electron chi connectivity index (χ4n) is 3.57. The van der Waals surface area contributed by atoms with Gasteiger partial charge in [-0.1, -0.05) is 20.8 Å². The van der Waals surface area contributed by atoms with Gasteiger partial charge in [0.2, 0.25) is 0 Å². The molecule has 0 spiro atoms. The van der Waals surface area contributed by atoms with E-state index in [1.807, 2.05) is 0 Å². The van der Waals surface area contributed by atoms with E-state index in [-0.39, 0.29) is 0 Å². The summed E-state index contributed by atoms with van der Waals surface area (Å²) in [4.78, 5) is 0. The first-order valence-electron chi connectivity index (χ1n) is 7.67. The molecule has 0 radical (unpaired) electrons. The molecule has 1 aliphatic carbocycles. The molecule has 5 atom stereocenters. The molecule has 2 aliphatic rings. The smallest absolute Gasteiger partial charge is 0.0666 e. The van der Waals surface area contributed by atoms with E-state index >= 15 is 0 Å². The SMILES string of the molecule is CCNC1CC(C)CC(C)C1SCC1CCCO1. The minimum Gasteiger partial charge on any atom is -0.377 e. The highest BCUT2D eigenvalue weighted by atomic mass is 32.2. The minimum absolute atomic E-state index is 0.531. The van der Waals surface area contributed by atoms with E-state index < -0.39 is 0 Å². The molecular formula is C15H29NOS. The molecule has 1 saturated carbocycles. The molecule has 1 aliphatic heterocycles. The molecule has 0 aromatic heterocycles. The van der Waals surface area contributed by atoms with Crippen LogP contribution in [0.1, 0.15) is 46.5 Å². The molecular weight excluding hydrogens is 242 g/mol. The monoisotopic (exact) mass is 271 g/mol. The first-order valence-corrected chi connectivity index (χ1v) is 8.72. The Hall–Kier alpha value is 0.270. The van der Waals surface area contributed by atoms with Crippen LogP contribution in [0.3, 0.4) is 0 Å². The van der Waals surface area contributed by atoms with Crippen LogP contribution in [-0.4, -0.2) is 36.3 Å². The predicted molar refractivity (Wildman–Crippen MR) is 80.2 cm³/mol. The Labute approximate surface area is 117 Å². The minimum atomic E-state index is 0.531. The zero-order valence-corrected chi connectivity index (χ0v) is 13.0. The molecule has 0 amide bonds. The van der Waals surface area contributed by atoms with Gasteiger partial charge in [-0.15, -0.1) is 0 Å². The molecule has 2 rings (SSSR count). The fourth-order valence-corrected chi connectivity index (χ4v) is 5.14. The maximum absolute atomic E-state index is 5.75. The molecule has 1 N–H and O–H groups in total. The largest absolute Gasteiger partial charge is 0.377 e. The quantitative estimate of drug-likeness (QED) is 0.829. The van der Waals surface area contributed by atoms with Crippen LogP contribution >= 0.6 is 11.8 Å². The lowest BCUT2D eigenvalue weighted by Gasteiger charge is -2.40. The Kier molecular flexibility index (Phi) is 5.84. The molecule has 0 aromatic rings. The maximum Gasteiger partial charge on any atom is 0.0666 e. The molecule has 1 saturated heterocycles. The van der Waals surface area contributed by atoms with E-state index in [0.29, 0.717) is 12.1 Å². The summed E-state index contributed by atoms with van der Waals surface area (Å²) in [7, 11) is 0. The third-order valence-electron chi connectivity index (χ3n) is 4.35. The van der Waals surface area contributed by atoms with Crippen molar-refractivity contribution in [1.29, 1.82) is 0 Å². The number of hydrogen-bond acceptors (Lipinski definition) is 3. The van der Waals surface area contributed by atoms with Gasteiger partial charge in [-0.05, 0) is 44.1 Å². The van der Waals surface area contributed by atoms with Gasteiger partial charge in [-0.25, -0.2) is 0 Å². The van der Waals surface area contributed by atoms with Gasteiger partial charge in [0.15, 0.2) is 0 Å². The van der Waals surface area contributed by atoms with Crippen molar-refractivity contribution in [1.82, 2.24) is 5.32 Å². The van der Waals surface area contributed by atoms with Gasteiger partial charge in [0.1, 0.15) is 0 Å². The third-order valence-corrected chi connectivity index (χ3v) is 6.10. The average molecular weight is 271 g/mol. The van der Waals surface area contributed by atoms with Gasteiger partial charge in [-0.3, -0.25) is 0 Å². The zero-order chi connectivity index (χ0) is 13.0. The molecule has 3 heteroatoms. The Bertz CT molecular complexity index is 243. The van der Waals surface area contributed by atoms with Crippen molar-refractivity contribution in [3.63, 3.8) is 0 Å². The fraction of sp³-hybridized carbons (Fsp3) is 1.00. The Morgan fingerprint density at radius 2 is 2.11 bits per heavy atom. The van der Waals surface area contributed by atoms with Gasteiger partial charge in [0.05, 0.1) is 6.10 Å². The number of rotatable bonds is 5. The van der Waals surface area contributed by atoms with Gasteiger partial charge in [-0.2, -0.15) is 11.8 Å². The van der Waals surface area contributed by atoms with Gasteiger partial charge in [0.25, 0.3) is 0 Å². The summed E-state index contributed by atoms with van der Waals surface area (Å²) in [5.74, 6) is 2.92. The molecule has 2 fully saturated rings. The highest BCUT2D eigenvalue weighted by Gasteiger charge is 2.34. The zero-order valence-electron chi connectivity index (χ0n) is 12.2. The van der Waals surface area contributed by atoms with E-state index in [1.165, 1.54) is 31.4 Å². The van der Waals surface area contributed by atoms with Gasteiger partial charge >= 0.3 is 0 Å². The van der Waals surface area contributed by atoms with Crippen molar-refractivity contribution in [2.45, 2.75) is 63.9 Å². The summed E-state index contributed by atoms with van der Waals surface area (Å²) in [6.07, 6.45) is 5.81. The Morgan fingerprint density at radius 3 is 2.78 bits per heavy atom. The Balaban J connectivity index is 1.85. The molecule has 5 unspecified atom stereocenters. The second kappa shape index (κ2) is 7.16. The van der Waals surface area contributed by atoms with Crippen LogP contribution < -0.4 is 5.32 Å². The molecule has 106 valence electrons. The summed E-state index contributed by atoms with van der Waals surface area (Å²) in [5, 5.41) is 4.49. The number of nitrogens with one attached hydrogen (secondary N) is 1. The molecule has 18 heavy (non-hydrogen) atoms. The standard InChI is InChI=1S/C15H29NOS/c1-4-16-14-9-11(2)8-12(3)15(14)18-10-13-6-5-7-17-13/h11-16H,4-10H2,1-3H3. The van der Waals surface area contributed by atoms with E-state index in [0.717, 1.165) is 30.2 Å². The highest BCUT2D eigenvalue weighted by Crippen LogP contribution is 2.37. The maximum atomic E-state index is 5.75. The highest BCUT2D eigenvalue weighted by molar-refractivity contribution is 8.00. The van der Waals surface area contributed by atoms with Crippen LogP contribution in [0, 0.1) is 11.8 Å². The lowest BCUT2D eigenvalue weighted by atomic mass is 9.80. The lowest BCUT2D eigenvalue weighted by Crippen LogP contribution is -2.46. The van der Waals surface area contributed by atoms with Gasteiger partial charge in [0, 0.05) is 23.7 Å². The summed E-state index contributed by atoms with van der Waals surface area (Å²) in [6, 6.07) is 0.708. The first kappa shape index (κ1) is 14.7. The van der Waals surface area contributed by atoms with Crippen molar-refractivity contribution in [2.75, 3.05) is 18.9 Å². The van der Waals surface area contributed by atoms with E-state index in [9.17, 15) is 0 Å². The van der Waals surface area contributed by atoms with Crippen molar-refractivity contribution < 1.29 is 4.74 Å². The first-order chi connectivity index (χ1) is 8.70. The number of hydrogen-bond donors (Lipinski definition) is 1. The van der Waals surface area contributed by atoms with Crippen LogP contribution in [0.15, 0.2) is 0 Å². The predicted octanol–water partition coefficient (Wildman–Crippen LogP) is 3.31. The molecule has 1 heterocycles. The van der Waals surface area contributed by atoms with E-state index in [2.05, 4.69) is 37.8 Å². The third kappa shape index (κ3) is 3.88. The van der Waals surface area contributed by atoms with Crippen LogP contribution in [0.2, 0.25) is 0 Å². The van der Waals surface area contributed by atoms with Crippen LogP contribution in [0.5, 0.6) is 0 Å². The second-order valence-electron chi connectivity index (χ2n) is 6.15. The lowest BCUT2D eigenvalue weighted by molar-refractivity contribution is 0.128. The summed E-state index contributed by atoms with van der Waals surface area (Å²) in [5.41, 5.74) is 0. The average Bonchev–Trinajstić information content (AvgIpc) is 2.81. The van der Waals surface area contributed by atoms with Crippen molar-refractivity contribution in [3.8, 4) is 0 Å². The summed E-state index contributed by atoms with van der Waals surface area (Å²) < 4.78 is 5.75. The van der Waals surface area contributed by atoms with Crippen molar-refractivity contribution in [3.05, 3.63) is 0 Å². The van der Waals surface area contributed by atoms with Crippen LogP contribution in [0.25, 0.3) is 0 Å². The Morgan fingerprint density at radius 1 is 1.28 bits per heavy atom. The second-order valence-corrected chi connectivity index (χ2v) is 7.36. The molecule has 0 aromatic carbocycles. The topological polar surface area (TPSA) is 21.3 Å². The molecule has 0 bridgehead atoms. The molecule has 2 nitrogen and oxygen atoms in total. The van der Waals surface area contributed by atoms with Crippen LogP contribution in [-0.2, 0) is 4.74 Å². The van der Waals surface area contributed by atoms with Gasteiger partial charge < -0.3 is 10.1 Å².